The summed E-state index contributed by atoms with van der Waals surface area (Å²) in [6.45, 7) is 1.99. The first-order valence-electron chi connectivity index (χ1n) is 5.66. The molecule has 2 heterocycles. The Balaban J connectivity index is 2.17. The van der Waals surface area contributed by atoms with Crippen LogP contribution < -0.4 is 5.14 Å². The Morgan fingerprint density at radius 3 is 2.05 bits per heavy atom. The molecule has 1 aliphatic rings. The smallest absolute Gasteiger partial charge is 0.216 e. The summed E-state index contributed by atoms with van der Waals surface area (Å²) in [7, 11) is -7.40. The van der Waals surface area contributed by atoms with E-state index in [1.54, 1.807) is 6.92 Å². The predicted octanol–water partition coefficient (Wildman–Crippen LogP) is 0.220. The van der Waals surface area contributed by atoms with Crippen molar-refractivity contribution in [2.45, 2.75) is 11.1 Å². The Hall–Kier alpha value is -0.230. The number of halogens is 1. The van der Waals surface area contributed by atoms with Crippen LogP contribution >= 0.6 is 22.9 Å². The van der Waals surface area contributed by atoms with Crippen LogP contribution in [0.15, 0.2) is 10.3 Å². The van der Waals surface area contributed by atoms with Crippen LogP contribution in [-0.4, -0.2) is 51.6 Å². The highest BCUT2D eigenvalue weighted by molar-refractivity contribution is 7.91. The van der Waals surface area contributed by atoms with Gasteiger partial charge >= 0.3 is 0 Å². The molecule has 1 fully saturated rings. The number of sulfonamides is 1. The number of rotatable bonds is 3. The van der Waals surface area contributed by atoms with Crippen LogP contribution in [0.3, 0.4) is 0 Å². The van der Waals surface area contributed by atoms with Crippen LogP contribution in [-0.2, 0) is 20.2 Å². The van der Waals surface area contributed by atoms with Crippen molar-refractivity contribution in [2.75, 3.05) is 26.2 Å². The third kappa shape index (κ3) is 3.16. The summed E-state index contributed by atoms with van der Waals surface area (Å²) in [5, 5.41) is 5.01. The summed E-state index contributed by atoms with van der Waals surface area (Å²) in [6.07, 6.45) is 0. The van der Waals surface area contributed by atoms with Crippen molar-refractivity contribution < 1.29 is 16.8 Å². The van der Waals surface area contributed by atoms with Crippen LogP contribution in [0.1, 0.15) is 5.56 Å². The third-order valence-electron chi connectivity index (χ3n) is 2.99. The molecule has 7 nitrogen and oxygen atoms in total. The molecule has 114 valence electrons. The van der Waals surface area contributed by atoms with Gasteiger partial charge in [0.2, 0.25) is 0 Å². The highest BCUT2D eigenvalue weighted by atomic mass is 35.5. The Labute approximate surface area is 127 Å². The largest absolute Gasteiger partial charge is 0.276 e. The van der Waals surface area contributed by atoms with E-state index in [1.807, 2.05) is 0 Å². The van der Waals surface area contributed by atoms with Gasteiger partial charge in [-0.1, -0.05) is 11.6 Å². The lowest BCUT2D eigenvalue weighted by Gasteiger charge is -2.31. The number of nitrogens with two attached hydrogens (primary N) is 1. The van der Waals surface area contributed by atoms with Crippen LogP contribution in [0.4, 0.5) is 0 Å². The lowest BCUT2D eigenvalue weighted by atomic mass is 10.4. The Morgan fingerprint density at radius 2 is 1.65 bits per heavy atom. The van der Waals surface area contributed by atoms with Crippen LogP contribution in [0.2, 0.25) is 4.34 Å². The maximum Gasteiger partial charge on any atom is 0.276 e. The molecule has 2 rings (SSSR count). The Morgan fingerprint density at radius 1 is 1.15 bits per heavy atom. The van der Waals surface area contributed by atoms with Crippen molar-refractivity contribution in [3.8, 4) is 0 Å². The van der Waals surface area contributed by atoms with E-state index in [9.17, 15) is 16.8 Å². The molecule has 0 spiro atoms. The number of piperazine rings is 1. The van der Waals surface area contributed by atoms with Gasteiger partial charge in [0.25, 0.3) is 20.2 Å². The van der Waals surface area contributed by atoms with Gasteiger partial charge < -0.3 is 0 Å². The molecule has 0 amide bonds. The number of thiophene rings is 1. The number of hydrogen-bond acceptors (Lipinski definition) is 5. The molecule has 1 saturated heterocycles. The molecule has 0 aliphatic carbocycles. The van der Waals surface area contributed by atoms with Gasteiger partial charge in [-0.15, -0.1) is 11.3 Å². The van der Waals surface area contributed by atoms with Gasteiger partial charge in [0.15, 0.2) is 0 Å². The van der Waals surface area contributed by atoms with Crippen molar-refractivity contribution in [1.82, 2.24) is 8.61 Å². The fourth-order valence-electron chi connectivity index (χ4n) is 1.85. The average Bonchev–Trinajstić information content (AvgIpc) is 2.69. The first-order valence-corrected chi connectivity index (χ1v) is 9.80. The zero-order valence-corrected chi connectivity index (χ0v) is 13.8. The maximum absolute atomic E-state index is 12.4. The van der Waals surface area contributed by atoms with Gasteiger partial charge in [-0.2, -0.15) is 17.0 Å². The minimum atomic E-state index is -3.77. The summed E-state index contributed by atoms with van der Waals surface area (Å²) >= 11 is 6.89. The molecule has 0 aromatic carbocycles. The van der Waals surface area contributed by atoms with Crippen molar-refractivity contribution in [3.05, 3.63) is 16.0 Å². The molecule has 1 aromatic rings. The fraction of sp³-hybridized carbons (Fsp3) is 0.556. The molecule has 0 unspecified atom stereocenters. The lowest BCUT2D eigenvalue weighted by Crippen LogP contribution is -2.52. The van der Waals surface area contributed by atoms with Crippen molar-refractivity contribution >= 4 is 43.2 Å². The molecule has 1 aromatic heterocycles. The first kappa shape index (κ1) is 16.1. The number of aryl methyl sites for hydroxylation is 1. The molecule has 0 radical (unpaired) electrons. The standard InChI is InChI=1S/C9H14ClN3O4S3/c1-7-6-8(18-9(7)10)19(14,15)12-2-4-13(5-3-12)20(11,16)17/h6H,2-5H2,1H3,(H2,11,16,17). The van der Waals surface area contributed by atoms with Crippen LogP contribution in [0, 0.1) is 6.92 Å². The molecule has 0 saturated carbocycles. The highest BCUT2D eigenvalue weighted by Crippen LogP contribution is 2.32. The SMILES string of the molecule is Cc1cc(S(=O)(=O)N2CCN(S(N)(=O)=O)CC2)sc1Cl. The quantitative estimate of drug-likeness (QED) is 0.834. The molecular formula is C9H14ClN3O4S3. The van der Waals surface area contributed by atoms with E-state index in [2.05, 4.69) is 0 Å². The summed E-state index contributed by atoms with van der Waals surface area (Å²) in [4.78, 5) is 0. The van der Waals surface area contributed by atoms with Crippen molar-refractivity contribution in [2.24, 2.45) is 5.14 Å². The molecule has 1 aliphatic heterocycles. The van der Waals surface area contributed by atoms with Gasteiger partial charge in [0.1, 0.15) is 4.21 Å². The van der Waals surface area contributed by atoms with Gasteiger partial charge in [-0.25, -0.2) is 13.6 Å². The Kier molecular flexibility index (Phi) is 4.46. The van der Waals surface area contributed by atoms with E-state index in [0.29, 0.717) is 9.90 Å². The first-order chi connectivity index (χ1) is 9.12. The third-order valence-corrected chi connectivity index (χ3v) is 7.97. The summed E-state index contributed by atoms with van der Waals surface area (Å²) in [5.41, 5.74) is 0.707. The minimum Gasteiger partial charge on any atom is -0.216 e. The lowest BCUT2D eigenvalue weighted by molar-refractivity contribution is 0.273. The fourth-order valence-corrected chi connectivity index (χ4v) is 5.81. The second kappa shape index (κ2) is 5.52. The summed E-state index contributed by atoms with van der Waals surface area (Å²) in [6, 6.07) is 1.52. The zero-order chi connectivity index (χ0) is 15.1. The van der Waals surface area contributed by atoms with Crippen LogP contribution in [0.25, 0.3) is 0 Å². The molecule has 2 N–H and O–H groups in total. The molecular weight excluding hydrogens is 346 g/mol. The van der Waals surface area contributed by atoms with E-state index >= 15 is 0 Å². The molecule has 0 atom stereocenters. The van der Waals surface area contributed by atoms with E-state index in [4.69, 9.17) is 16.7 Å². The second-order valence-corrected chi connectivity index (χ2v) is 9.74. The Bertz CT molecular complexity index is 685. The van der Waals surface area contributed by atoms with Crippen molar-refractivity contribution in [3.63, 3.8) is 0 Å². The minimum absolute atomic E-state index is 0.0517. The number of nitrogens with zero attached hydrogens (tertiary/aromatic N) is 2. The molecule has 20 heavy (non-hydrogen) atoms. The predicted molar refractivity (Wildman–Crippen MR) is 77.5 cm³/mol. The monoisotopic (exact) mass is 359 g/mol. The molecule has 0 bridgehead atoms. The van der Waals surface area contributed by atoms with Gasteiger partial charge in [-0.05, 0) is 18.6 Å². The number of hydrogen-bond donors (Lipinski definition) is 1. The summed E-state index contributed by atoms with van der Waals surface area (Å²) in [5.74, 6) is 0. The van der Waals surface area contributed by atoms with Gasteiger partial charge in [0.05, 0.1) is 4.34 Å². The zero-order valence-electron chi connectivity index (χ0n) is 10.6. The van der Waals surface area contributed by atoms with E-state index < -0.39 is 20.2 Å². The topological polar surface area (TPSA) is 101 Å². The maximum atomic E-state index is 12.4. The van der Waals surface area contributed by atoms with Crippen LogP contribution in [0.5, 0.6) is 0 Å². The van der Waals surface area contributed by atoms with Gasteiger partial charge in [0, 0.05) is 26.2 Å². The highest BCUT2D eigenvalue weighted by Gasteiger charge is 2.32. The molecule has 11 heteroatoms. The normalized spacial score (nSPS) is 19.4. The van der Waals surface area contributed by atoms with E-state index in [0.717, 1.165) is 15.6 Å². The van der Waals surface area contributed by atoms with E-state index in [1.165, 1.54) is 10.4 Å². The second-order valence-electron chi connectivity index (χ2n) is 4.37. The summed E-state index contributed by atoms with van der Waals surface area (Å²) < 4.78 is 50.1. The van der Waals surface area contributed by atoms with E-state index in [-0.39, 0.29) is 30.4 Å². The van der Waals surface area contributed by atoms with Crippen molar-refractivity contribution in [1.29, 1.82) is 0 Å². The average molecular weight is 360 g/mol. The van der Waals surface area contributed by atoms with Gasteiger partial charge in [-0.3, -0.25) is 0 Å².